The fourth-order valence-corrected chi connectivity index (χ4v) is 1.93. The third-order valence-electron chi connectivity index (χ3n) is 3.09. The maximum atomic E-state index is 8.60. The number of rotatable bonds is 14. The summed E-state index contributed by atoms with van der Waals surface area (Å²) >= 11 is 0. The first-order valence-electron chi connectivity index (χ1n) is 7.60. The lowest BCUT2D eigenvalue weighted by molar-refractivity contribution is 0.124. The van der Waals surface area contributed by atoms with Crippen LogP contribution in [0.1, 0.15) is 77.6 Å². The van der Waals surface area contributed by atoms with Crippen molar-refractivity contribution in [1.29, 1.82) is 0 Å². The van der Waals surface area contributed by atoms with Gasteiger partial charge in [-0.2, -0.15) is 0 Å². The molecule has 0 aromatic carbocycles. The summed E-state index contributed by atoms with van der Waals surface area (Å²) in [7, 11) is 0. The van der Waals surface area contributed by atoms with Crippen molar-refractivity contribution in [1.82, 2.24) is 0 Å². The molecular formula is C15H32O2. The quantitative estimate of drug-likeness (QED) is 0.461. The van der Waals surface area contributed by atoms with Crippen molar-refractivity contribution in [2.45, 2.75) is 77.6 Å². The molecule has 0 bridgehead atoms. The summed E-state index contributed by atoms with van der Waals surface area (Å²) in [5, 5.41) is 8.60. The van der Waals surface area contributed by atoms with Crippen molar-refractivity contribution < 1.29 is 9.84 Å². The van der Waals surface area contributed by atoms with Crippen LogP contribution in [0.4, 0.5) is 0 Å². The van der Waals surface area contributed by atoms with E-state index in [0.717, 1.165) is 32.5 Å². The monoisotopic (exact) mass is 244 g/mol. The minimum absolute atomic E-state index is 0.317. The summed E-state index contributed by atoms with van der Waals surface area (Å²) < 4.78 is 5.54. The van der Waals surface area contributed by atoms with Crippen LogP contribution in [0.3, 0.4) is 0 Å². The van der Waals surface area contributed by atoms with Gasteiger partial charge in [-0.05, 0) is 25.7 Å². The fraction of sp³-hybridized carbons (Fsp3) is 1.00. The SMILES string of the molecule is CCCCCCCCCCOCCCCCO. The lowest BCUT2D eigenvalue weighted by Gasteiger charge is -2.04. The molecule has 0 aromatic heterocycles. The van der Waals surface area contributed by atoms with Crippen molar-refractivity contribution in [2.24, 2.45) is 0 Å². The van der Waals surface area contributed by atoms with E-state index in [1.54, 1.807) is 0 Å². The van der Waals surface area contributed by atoms with Crippen LogP contribution < -0.4 is 0 Å². The largest absolute Gasteiger partial charge is 0.396 e. The van der Waals surface area contributed by atoms with Gasteiger partial charge in [0.1, 0.15) is 0 Å². The molecule has 0 heterocycles. The predicted molar refractivity (Wildman–Crippen MR) is 74.4 cm³/mol. The van der Waals surface area contributed by atoms with Crippen LogP contribution in [-0.4, -0.2) is 24.9 Å². The summed E-state index contributed by atoms with van der Waals surface area (Å²) in [5.41, 5.74) is 0. The molecule has 1 N–H and O–H groups in total. The first-order chi connectivity index (χ1) is 8.41. The van der Waals surface area contributed by atoms with Crippen LogP contribution in [0.15, 0.2) is 0 Å². The average molecular weight is 244 g/mol. The van der Waals surface area contributed by atoms with Gasteiger partial charge in [0.15, 0.2) is 0 Å². The van der Waals surface area contributed by atoms with Crippen LogP contribution in [0.5, 0.6) is 0 Å². The van der Waals surface area contributed by atoms with Gasteiger partial charge in [0, 0.05) is 19.8 Å². The molecule has 0 amide bonds. The molecule has 0 unspecified atom stereocenters. The third-order valence-corrected chi connectivity index (χ3v) is 3.09. The van der Waals surface area contributed by atoms with Gasteiger partial charge in [-0.3, -0.25) is 0 Å². The molecule has 0 aliphatic rings. The molecule has 0 spiro atoms. The van der Waals surface area contributed by atoms with E-state index >= 15 is 0 Å². The van der Waals surface area contributed by atoms with E-state index in [2.05, 4.69) is 6.92 Å². The molecule has 0 fully saturated rings. The van der Waals surface area contributed by atoms with E-state index in [9.17, 15) is 0 Å². The fourth-order valence-electron chi connectivity index (χ4n) is 1.93. The number of ether oxygens (including phenoxy) is 1. The number of hydrogen-bond acceptors (Lipinski definition) is 2. The minimum atomic E-state index is 0.317. The normalized spacial score (nSPS) is 10.9. The predicted octanol–water partition coefficient (Wildman–Crippen LogP) is 4.31. The first kappa shape index (κ1) is 16.9. The van der Waals surface area contributed by atoms with Gasteiger partial charge in [-0.25, -0.2) is 0 Å². The molecule has 0 saturated carbocycles. The molecule has 0 saturated heterocycles. The minimum Gasteiger partial charge on any atom is -0.396 e. The Morgan fingerprint density at radius 3 is 1.65 bits per heavy atom. The number of aliphatic hydroxyl groups is 1. The van der Waals surface area contributed by atoms with Gasteiger partial charge in [0.05, 0.1) is 0 Å². The van der Waals surface area contributed by atoms with E-state index in [1.165, 1.54) is 51.4 Å². The van der Waals surface area contributed by atoms with E-state index in [-0.39, 0.29) is 0 Å². The molecular weight excluding hydrogens is 212 g/mol. The van der Waals surface area contributed by atoms with Crippen molar-refractivity contribution in [3.8, 4) is 0 Å². The van der Waals surface area contributed by atoms with E-state index in [4.69, 9.17) is 9.84 Å². The van der Waals surface area contributed by atoms with Gasteiger partial charge in [-0.1, -0.05) is 51.9 Å². The van der Waals surface area contributed by atoms with Crippen molar-refractivity contribution in [2.75, 3.05) is 19.8 Å². The zero-order valence-electron chi connectivity index (χ0n) is 11.8. The Hall–Kier alpha value is -0.0800. The van der Waals surface area contributed by atoms with E-state index in [0.29, 0.717) is 6.61 Å². The van der Waals surface area contributed by atoms with E-state index in [1.807, 2.05) is 0 Å². The highest BCUT2D eigenvalue weighted by Gasteiger charge is 1.93. The van der Waals surface area contributed by atoms with Gasteiger partial charge in [-0.15, -0.1) is 0 Å². The zero-order valence-corrected chi connectivity index (χ0v) is 11.8. The van der Waals surface area contributed by atoms with Gasteiger partial charge in [0.2, 0.25) is 0 Å². The van der Waals surface area contributed by atoms with Gasteiger partial charge < -0.3 is 9.84 Å². The molecule has 0 aliphatic carbocycles. The highest BCUT2D eigenvalue weighted by Crippen LogP contribution is 2.08. The first-order valence-corrected chi connectivity index (χ1v) is 7.60. The molecule has 0 aromatic rings. The summed E-state index contributed by atoms with van der Waals surface area (Å²) in [6, 6.07) is 0. The molecule has 104 valence electrons. The Labute approximate surface area is 108 Å². The van der Waals surface area contributed by atoms with Crippen molar-refractivity contribution in [3.05, 3.63) is 0 Å². The number of hydrogen-bond donors (Lipinski definition) is 1. The zero-order chi connectivity index (χ0) is 12.6. The summed E-state index contributed by atoms with van der Waals surface area (Å²) in [5.74, 6) is 0. The van der Waals surface area contributed by atoms with Crippen LogP contribution in [0.2, 0.25) is 0 Å². The molecule has 2 nitrogen and oxygen atoms in total. The third kappa shape index (κ3) is 15.9. The van der Waals surface area contributed by atoms with Crippen molar-refractivity contribution >= 4 is 0 Å². The number of aliphatic hydroxyl groups excluding tert-OH is 1. The maximum absolute atomic E-state index is 8.60. The number of unbranched alkanes of at least 4 members (excludes halogenated alkanes) is 9. The summed E-state index contributed by atoms with van der Waals surface area (Å²) in [4.78, 5) is 0. The summed E-state index contributed by atoms with van der Waals surface area (Å²) in [6.07, 6.45) is 14.0. The Morgan fingerprint density at radius 1 is 0.647 bits per heavy atom. The Kier molecular flexibility index (Phi) is 15.8. The van der Waals surface area contributed by atoms with Crippen LogP contribution in [0.25, 0.3) is 0 Å². The molecule has 0 atom stereocenters. The standard InChI is InChI=1S/C15H32O2/c1-2-3-4-5-6-7-8-11-14-17-15-12-9-10-13-16/h16H,2-15H2,1H3. The average Bonchev–Trinajstić information content (AvgIpc) is 2.35. The molecule has 0 rings (SSSR count). The lowest BCUT2D eigenvalue weighted by Crippen LogP contribution is -1.97. The lowest BCUT2D eigenvalue weighted by atomic mass is 10.1. The second kappa shape index (κ2) is 15.9. The Balaban J connectivity index is 2.85. The highest BCUT2D eigenvalue weighted by atomic mass is 16.5. The Morgan fingerprint density at radius 2 is 1.12 bits per heavy atom. The van der Waals surface area contributed by atoms with Gasteiger partial charge in [0.25, 0.3) is 0 Å². The highest BCUT2D eigenvalue weighted by molar-refractivity contribution is 4.46. The van der Waals surface area contributed by atoms with E-state index < -0.39 is 0 Å². The van der Waals surface area contributed by atoms with Crippen LogP contribution >= 0.6 is 0 Å². The van der Waals surface area contributed by atoms with Crippen molar-refractivity contribution in [3.63, 3.8) is 0 Å². The molecule has 0 radical (unpaired) electrons. The smallest absolute Gasteiger partial charge is 0.0466 e. The van der Waals surface area contributed by atoms with Crippen LogP contribution in [0, 0.1) is 0 Å². The molecule has 17 heavy (non-hydrogen) atoms. The second-order valence-corrected chi connectivity index (χ2v) is 4.87. The van der Waals surface area contributed by atoms with Gasteiger partial charge >= 0.3 is 0 Å². The summed E-state index contributed by atoms with van der Waals surface area (Å²) in [6.45, 7) is 4.38. The molecule has 0 aliphatic heterocycles. The van der Waals surface area contributed by atoms with Crippen LogP contribution in [-0.2, 0) is 4.74 Å². The maximum Gasteiger partial charge on any atom is 0.0466 e. The second-order valence-electron chi connectivity index (χ2n) is 4.87. The Bertz CT molecular complexity index is 112. The topological polar surface area (TPSA) is 29.5 Å². The molecule has 2 heteroatoms.